The molecule has 0 saturated heterocycles. The molecule has 29 heavy (non-hydrogen) atoms. The summed E-state index contributed by atoms with van der Waals surface area (Å²) in [6.45, 7) is 4.60. The third-order valence-electron chi connectivity index (χ3n) is 4.63. The average molecular weight is 456 g/mol. The topological polar surface area (TPSA) is 49.4 Å². The quantitative estimate of drug-likeness (QED) is 0.506. The Hall–Kier alpha value is -1.75. The normalized spacial score (nSPS) is 11.8. The van der Waals surface area contributed by atoms with E-state index in [1.807, 2.05) is 18.2 Å². The second kappa shape index (κ2) is 11.4. The molecule has 0 fully saturated rings. The van der Waals surface area contributed by atoms with Crippen LogP contribution in [0.4, 0.5) is 0 Å². The number of hydrogen-bond acceptors (Lipinski definition) is 2. The first-order valence-electron chi connectivity index (χ1n) is 9.58. The summed E-state index contributed by atoms with van der Waals surface area (Å²) >= 11 is 18.3. The Morgan fingerprint density at radius 1 is 1.03 bits per heavy atom. The van der Waals surface area contributed by atoms with Gasteiger partial charge in [-0.2, -0.15) is 0 Å². The standard InChI is InChI=1S/C22H25Cl3N2O2/c1-3-4-11-26-22(29)15(2)27(14-16-9-10-19(24)20(25)12-16)21(28)13-17-7-5-6-8-18(17)23/h5-10,12,15H,3-4,11,13-14H2,1-2H3,(H,26,29)/t15-/m1/s1. The summed E-state index contributed by atoms with van der Waals surface area (Å²) in [5.74, 6) is -0.381. The van der Waals surface area contributed by atoms with Crippen molar-refractivity contribution < 1.29 is 9.59 Å². The predicted molar refractivity (Wildman–Crippen MR) is 120 cm³/mol. The monoisotopic (exact) mass is 454 g/mol. The van der Waals surface area contributed by atoms with Crippen LogP contribution in [0.15, 0.2) is 42.5 Å². The fraction of sp³-hybridized carbons (Fsp3) is 0.364. The van der Waals surface area contributed by atoms with Crippen LogP contribution in [-0.4, -0.2) is 29.3 Å². The van der Waals surface area contributed by atoms with Crippen LogP contribution in [0.1, 0.15) is 37.8 Å². The highest BCUT2D eigenvalue weighted by atomic mass is 35.5. The van der Waals surface area contributed by atoms with E-state index in [0.29, 0.717) is 21.6 Å². The first-order valence-corrected chi connectivity index (χ1v) is 10.7. The fourth-order valence-electron chi connectivity index (χ4n) is 2.86. The van der Waals surface area contributed by atoms with Crippen molar-refractivity contribution in [3.8, 4) is 0 Å². The number of halogens is 3. The maximum atomic E-state index is 13.1. The summed E-state index contributed by atoms with van der Waals surface area (Å²) in [6, 6.07) is 11.7. The molecule has 1 N–H and O–H groups in total. The summed E-state index contributed by atoms with van der Waals surface area (Å²) in [7, 11) is 0. The third kappa shape index (κ3) is 6.91. The van der Waals surface area contributed by atoms with Gasteiger partial charge in [-0.25, -0.2) is 0 Å². The second-order valence-corrected chi connectivity index (χ2v) is 8.08. The van der Waals surface area contributed by atoms with Gasteiger partial charge in [0.05, 0.1) is 16.5 Å². The molecule has 0 spiro atoms. The molecule has 0 aliphatic heterocycles. The van der Waals surface area contributed by atoms with E-state index < -0.39 is 6.04 Å². The molecule has 7 heteroatoms. The summed E-state index contributed by atoms with van der Waals surface area (Å²) in [6.07, 6.45) is 1.97. The van der Waals surface area contributed by atoms with Gasteiger partial charge in [0.15, 0.2) is 0 Å². The molecule has 1 atom stereocenters. The van der Waals surface area contributed by atoms with E-state index >= 15 is 0 Å². The molecule has 2 aromatic rings. The Kier molecular flexibility index (Phi) is 9.28. The van der Waals surface area contributed by atoms with Gasteiger partial charge in [-0.05, 0) is 42.7 Å². The number of amides is 2. The highest BCUT2D eigenvalue weighted by molar-refractivity contribution is 6.42. The molecular weight excluding hydrogens is 431 g/mol. The summed E-state index contributed by atoms with van der Waals surface area (Å²) in [5.41, 5.74) is 1.51. The lowest BCUT2D eigenvalue weighted by Gasteiger charge is -2.29. The number of nitrogens with zero attached hydrogens (tertiary/aromatic N) is 1. The van der Waals surface area contributed by atoms with Crippen molar-refractivity contribution in [3.05, 3.63) is 68.7 Å². The zero-order chi connectivity index (χ0) is 21.4. The highest BCUT2D eigenvalue weighted by Gasteiger charge is 2.26. The number of unbranched alkanes of at least 4 members (excludes halogenated alkanes) is 1. The number of hydrogen-bond donors (Lipinski definition) is 1. The minimum atomic E-state index is -0.642. The smallest absolute Gasteiger partial charge is 0.242 e. The summed E-state index contributed by atoms with van der Waals surface area (Å²) in [5, 5.41) is 4.26. The van der Waals surface area contributed by atoms with E-state index in [1.165, 1.54) is 0 Å². The molecule has 0 aliphatic carbocycles. The molecule has 0 bridgehead atoms. The summed E-state index contributed by atoms with van der Waals surface area (Å²) in [4.78, 5) is 27.3. The maximum absolute atomic E-state index is 13.1. The van der Waals surface area contributed by atoms with E-state index in [4.69, 9.17) is 34.8 Å². The lowest BCUT2D eigenvalue weighted by Crippen LogP contribution is -2.48. The van der Waals surface area contributed by atoms with Gasteiger partial charge in [-0.3, -0.25) is 9.59 Å². The molecule has 2 aromatic carbocycles. The first-order chi connectivity index (χ1) is 13.8. The zero-order valence-corrected chi connectivity index (χ0v) is 18.8. The Morgan fingerprint density at radius 2 is 1.76 bits per heavy atom. The SMILES string of the molecule is CCCCNC(=O)[C@@H](C)N(Cc1ccc(Cl)c(Cl)c1)C(=O)Cc1ccccc1Cl. The maximum Gasteiger partial charge on any atom is 0.242 e. The minimum absolute atomic E-state index is 0.105. The van der Waals surface area contributed by atoms with Crippen molar-refractivity contribution in [1.29, 1.82) is 0 Å². The van der Waals surface area contributed by atoms with Gasteiger partial charge in [0.25, 0.3) is 0 Å². The van der Waals surface area contributed by atoms with Crippen LogP contribution in [0.3, 0.4) is 0 Å². The zero-order valence-electron chi connectivity index (χ0n) is 16.6. The average Bonchev–Trinajstić information content (AvgIpc) is 2.70. The molecule has 0 saturated carbocycles. The number of nitrogens with one attached hydrogen (secondary N) is 1. The molecular formula is C22H25Cl3N2O2. The van der Waals surface area contributed by atoms with Crippen LogP contribution in [0.2, 0.25) is 15.1 Å². The van der Waals surface area contributed by atoms with Gasteiger partial charge >= 0.3 is 0 Å². The largest absolute Gasteiger partial charge is 0.354 e. The molecule has 0 unspecified atom stereocenters. The highest BCUT2D eigenvalue weighted by Crippen LogP contribution is 2.24. The number of rotatable bonds is 9. The van der Waals surface area contributed by atoms with E-state index in [0.717, 1.165) is 24.0 Å². The molecule has 0 aromatic heterocycles. The van der Waals surface area contributed by atoms with Gasteiger partial charge in [0.1, 0.15) is 6.04 Å². The van der Waals surface area contributed by atoms with Gasteiger partial charge < -0.3 is 10.2 Å². The fourth-order valence-corrected chi connectivity index (χ4v) is 3.38. The van der Waals surface area contributed by atoms with E-state index in [9.17, 15) is 9.59 Å². The Labute approximate surface area is 187 Å². The van der Waals surface area contributed by atoms with Crippen molar-refractivity contribution in [2.45, 2.75) is 45.7 Å². The lowest BCUT2D eigenvalue weighted by atomic mass is 10.1. The molecule has 2 amide bonds. The van der Waals surface area contributed by atoms with Crippen molar-refractivity contribution in [2.24, 2.45) is 0 Å². The van der Waals surface area contributed by atoms with Crippen LogP contribution in [0.25, 0.3) is 0 Å². The second-order valence-electron chi connectivity index (χ2n) is 6.86. The molecule has 0 radical (unpaired) electrons. The van der Waals surface area contributed by atoms with Crippen LogP contribution in [-0.2, 0) is 22.6 Å². The van der Waals surface area contributed by atoms with Gasteiger partial charge in [0, 0.05) is 18.1 Å². The number of carbonyl (C=O) groups excluding carboxylic acids is 2. The lowest BCUT2D eigenvalue weighted by molar-refractivity contribution is -0.140. The Balaban J connectivity index is 2.23. The van der Waals surface area contributed by atoms with Crippen molar-refractivity contribution in [2.75, 3.05) is 6.54 Å². The van der Waals surface area contributed by atoms with Crippen LogP contribution in [0.5, 0.6) is 0 Å². The van der Waals surface area contributed by atoms with Gasteiger partial charge in [-0.1, -0.05) is 72.4 Å². The predicted octanol–water partition coefficient (Wildman–Crippen LogP) is 5.52. The van der Waals surface area contributed by atoms with Crippen molar-refractivity contribution >= 4 is 46.6 Å². The first kappa shape index (κ1) is 23.5. The number of carbonyl (C=O) groups is 2. The van der Waals surface area contributed by atoms with Crippen molar-refractivity contribution in [1.82, 2.24) is 10.2 Å². The molecule has 2 rings (SSSR count). The van der Waals surface area contributed by atoms with Crippen molar-refractivity contribution in [3.63, 3.8) is 0 Å². The molecule has 156 valence electrons. The molecule has 4 nitrogen and oxygen atoms in total. The Bertz CT molecular complexity index is 858. The van der Waals surface area contributed by atoms with Crippen LogP contribution in [0, 0.1) is 0 Å². The van der Waals surface area contributed by atoms with E-state index in [-0.39, 0.29) is 24.8 Å². The van der Waals surface area contributed by atoms with E-state index in [2.05, 4.69) is 12.2 Å². The third-order valence-corrected chi connectivity index (χ3v) is 5.74. The Morgan fingerprint density at radius 3 is 2.41 bits per heavy atom. The van der Waals surface area contributed by atoms with Crippen LogP contribution < -0.4 is 5.32 Å². The van der Waals surface area contributed by atoms with Gasteiger partial charge in [0.2, 0.25) is 11.8 Å². The summed E-state index contributed by atoms with van der Waals surface area (Å²) < 4.78 is 0. The van der Waals surface area contributed by atoms with E-state index in [1.54, 1.807) is 36.1 Å². The minimum Gasteiger partial charge on any atom is -0.354 e. The van der Waals surface area contributed by atoms with Crippen LogP contribution >= 0.6 is 34.8 Å². The molecule has 0 heterocycles. The van der Waals surface area contributed by atoms with Gasteiger partial charge in [-0.15, -0.1) is 0 Å². The molecule has 0 aliphatic rings. The number of benzene rings is 2.